The van der Waals surface area contributed by atoms with Gasteiger partial charge in [0.2, 0.25) is 5.95 Å². The summed E-state index contributed by atoms with van der Waals surface area (Å²) in [4.78, 5) is 17.6. The smallest absolute Gasteiger partial charge is 0.225 e. The van der Waals surface area contributed by atoms with E-state index in [-0.39, 0.29) is 5.60 Å². The first-order chi connectivity index (χ1) is 12.2. The molecule has 2 aliphatic heterocycles. The first-order valence-electron chi connectivity index (χ1n) is 8.99. The van der Waals surface area contributed by atoms with Crippen LogP contribution in [0.1, 0.15) is 24.8 Å². The van der Waals surface area contributed by atoms with Gasteiger partial charge in [0.25, 0.3) is 0 Å². The number of nitrogens with zero attached hydrogens (tertiary/aromatic N) is 5. The van der Waals surface area contributed by atoms with E-state index in [0.717, 1.165) is 45.0 Å². The first-order valence-corrected chi connectivity index (χ1v) is 8.99. The number of aromatic nitrogens is 3. The highest BCUT2D eigenvalue weighted by atomic mass is 16.5. The molecule has 4 heterocycles. The van der Waals surface area contributed by atoms with Crippen LogP contribution in [-0.2, 0) is 11.3 Å². The van der Waals surface area contributed by atoms with Crippen LogP contribution in [0.5, 0.6) is 0 Å². The van der Waals surface area contributed by atoms with E-state index in [4.69, 9.17) is 4.74 Å². The summed E-state index contributed by atoms with van der Waals surface area (Å²) >= 11 is 0. The molecule has 2 saturated heterocycles. The van der Waals surface area contributed by atoms with Crippen LogP contribution in [0.2, 0.25) is 0 Å². The zero-order chi connectivity index (χ0) is 17.1. The van der Waals surface area contributed by atoms with Gasteiger partial charge in [-0.15, -0.1) is 0 Å². The maximum atomic E-state index is 6.35. The van der Waals surface area contributed by atoms with Crippen molar-refractivity contribution in [1.29, 1.82) is 0 Å². The number of likely N-dealkylation sites (N-methyl/N-ethyl adjacent to an activating group) is 1. The predicted octanol–water partition coefficient (Wildman–Crippen LogP) is 2.13. The van der Waals surface area contributed by atoms with Crippen LogP contribution >= 0.6 is 0 Å². The fourth-order valence-electron chi connectivity index (χ4n) is 4.07. The number of piperidine rings is 1. The largest absolute Gasteiger partial charge is 0.371 e. The number of anilines is 1. The van der Waals surface area contributed by atoms with Gasteiger partial charge in [-0.05, 0) is 37.1 Å². The van der Waals surface area contributed by atoms with Gasteiger partial charge in [0, 0.05) is 51.3 Å². The molecule has 2 aliphatic rings. The number of rotatable bonds is 4. The molecule has 0 aromatic carbocycles. The van der Waals surface area contributed by atoms with Crippen LogP contribution in [-0.4, -0.2) is 58.2 Å². The zero-order valence-corrected chi connectivity index (χ0v) is 14.7. The van der Waals surface area contributed by atoms with E-state index >= 15 is 0 Å². The van der Waals surface area contributed by atoms with E-state index in [1.807, 2.05) is 24.5 Å². The molecule has 0 N–H and O–H groups in total. The molecular weight excluding hydrogens is 314 g/mol. The summed E-state index contributed by atoms with van der Waals surface area (Å²) in [7, 11) is 2.07. The molecule has 25 heavy (non-hydrogen) atoms. The lowest BCUT2D eigenvalue weighted by Crippen LogP contribution is -2.48. The Hall–Kier alpha value is -2.05. The third-order valence-electron chi connectivity index (χ3n) is 5.35. The van der Waals surface area contributed by atoms with E-state index in [1.165, 1.54) is 12.0 Å². The number of hydrogen-bond donors (Lipinski definition) is 0. The lowest BCUT2D eigenvalue weighted by molar-refractivity contribution is -0.0533. The van der Waals surface area contributed by atoms with E-state index in [9.17, 15) is 0 Å². The van der Waals surface area contributed by atoms with Crippen molar-refractivity contribution in [2.75, 3.05) is 31.6 Å². The normalized spacial score (nSPS) is 26.8. The molecule has 2 atom stereocenters. The average Bonchev–Trinajstić information content (AvgIpc) is 3.06. The van der Waals surface area contributed by atoms with Gasteiger partial charge in [-0.2, -0.15) is 0 Å². The van der Waals surface area contributed by atoms with Crippen molar-refractivity contribution >= 4 is 5.95 Å². The molecule has 2 fully saturated rings. The fourth-order valence-corrected chi connectivity index (χ4v) is 4.07. The van der Waals surface area contributed by atoms with Crippen molar-refractivity contribution in [3.63, 3.8) is 0 Å². The summed E-state index contributed by atoms with van der Waals surface area (Å²) in [6.07, 6.45) is 10.7. The number of hydrogen-bond acceptors (Lipinski definition) is 6. The van der Waals surface area contributed by atoms with Gasteiger partial charge in [0.15, 0.2) is 0 Å². The number of ether oxygens (including phenoxy) is 1. The standard InChI is InChI=1S/C19H25N5O/c1-23(18-21-8-4-9-22-18)17-11-19(25-14-17)6-3-10-24(15-19)13-16-5-2-7-20-12-16/h2,4-5,7-9,12,17H,3,6,10-11,13-15H2,1H3/t17-,19+/m0/s1. The zero-order valence-electron chi connectivity index (χ0n) is 14.7. The van der Waals surface area contributed by atoms with Gasteiger partial charge in [0.05, 0.1) is 18.2 Å². The topological polar surface area (TPSA) is 54.4 Å². The van der Waals surface area contributed by atoms with Crippen molar-refractivity contribution in [3.8, 4) is 0 Å². The van der Waals surface area contributed by atoms with Gasteiger partial charge in [-0.25, -0.2) is 9.97 Å². The summed E-state index contributed by atoms with van der Waals surface area (Å²) in [5.41, 5.74) is 1.23. The van der Waals surface area contributed by atoms with Crippen LogP contribution in [0, 0.1) is 0 Å². The first kappa shape index (κ1) is 16.4. The maximum absolute atomic E-state index is 6.35. The van der Waals surface area contributed by atoms with Gasteiger partial charge in [-0.1, -0.05) is 6.07 Å². The molecule has 0 unspecified atom stereocenters. The van der Waals surface area contributed by atoms with Gasteiger partial charge in [0.1, 0.15) is 0 Å². The summed E-state index contributed by atoms with van der Waals surface area (Å²) in [5.74, 6) is 0.774. The third-order valence-corrected chi connectivity index (χ3v) is 5.35. The molecule has 0 aliphatic carbocycles. The Kier molecular flexibility index (Phi) is 4.63. The van der Waals surface area contributed by atoms with E-state index in [2.05, 4.69) is 37.9 Å². The lowest BCUT2D eigenvalue weighted by atomic mass is 9.88. The highest BCUT2D eigenvalue weighted by Crippen LogP contribution is 2.37. The van der Waals surface area contributed by atoms with Crippen LogP contribution in [0.25, 0.3) is 0 Å². The Morgan fingerprint density at radius 3 is 2.96 bits per heavy atom. The molecule has 6 heteroatoms. The van der Waals surface area contributed by atoms with Gasteiger partial charge >= 0.3 is 0 Å². The molecule has 6 nitrogen and oxygen atoms in total. The molecule has 0 saturated carbocycles. The van der Waals surface area contributed by atoms with Crippen LogP contribution in [0.15, 0.2) is 43.0 Å². The lowest BCUT2D eigenvalue weighted by Gasteiger charge is -2.40. The number of likely N-dealkylation sites (tertiary alicyclic amines) is 1. The maximum Gasteiger partial charge on any atom is 0.225 e. The van der Waals surface area contributed by atoms with Crippen molar-refractivity contribution in [1.82, 2.24) is 19.9 Å². The van der Waals surface area contributed by atoms with E-state index < -0.39 is 0 Å². The van der Waals surface area contributed by atoms with Crippen molar-refractivity contribution < 1.29 is 4.74 Å². The van der Waals surface area contributed by atoms with Crippen molar-refractivity contribution in [2.45, 2.75) is 37.5 Å². The fraction of sp³-hybridized carbons (Fsp3) is 0.526. The quantitative estimate of drug-likeness (QED) is 0.851. The second kappa shape index (κ2) is 7.06. The Labute approximate surface area is 148 Å². The molecule has 2 aromatic heterocycles. The molecule has 1 spiro atoms. The molecule has 0 radical (unpaired) electrons. The molecule has 0 amide bonds. The summed E-state index contributed by atoms with van der Waals surface area (Å²) in [6.45, 7) is 3.81. The van der Waals surface area contributed by atoms with Gasteiger partial charge < -0.3 is 9.64 Å². The highest BCUT2D eigenvalue weighted by molar-refractivity contribution is 5.30. The second-order valence-electron chi connectivity index (χ2n) is 7.19. The Morgan fingerprint density at radius 1 is 1.28 bits per heavy atom. The molecule has 0 bridgehead atoms. The summed E-state index contributed by atoms with van der Waals surface area (Å²) in [6, 6.07) is 6.33. The third kappa shape index (κ3) is 3.65. The monoisotopic (exact) mass is 339 g/mol. The molecule has 132 valence electrons. The van der Waals surface area contributed by atoms with Crippen LogP contribution in [0.4, 0.5) is 5.95 Å². The minimum atomic E-state index is -0.0336. The Balaban J connectivity index is 1.40. The van der Waals surface area contributed by atoms with Crippen LogP contribution in [0.3, 0.4) is 0 Å². The Morgan fingerprint density at radius 2 is 2.16 bits per heavy atom. The summed E-state index contributed by atoms with van der Waals surface area (Å²) < 4.78 is 6.35. The van der Waals surface area contributed by atoms with Gasteiger partial charge in [-0.3, -0.25) is 9.88 Å². The van der Waals surface area contributed by atoms with E-state index in [1.54, 1.807) is 12.4 Å². The number of pyridine rings is 1. The minimum absolute atomic E-state index is 0.0336. The summed E-state index contributed by atoms with van der Waals surface area (Å²) in [5, 5.41) is 0. The van der Waals surface area contributed by atoms with Crippen LogP contribution < -0.4 is 4.90 Å². The van der Waals surface area contributed by atoms with Crippen molar-refractivity contribution in [2.24, 2.45) is 0 Å². The molecular formula is C19H25N5O. The average molecular weight is 339 g/mol. The second-order valence-corrected chi connectivity index (χ2v) is 7.19. The van der Waals surface area contributed by atoms with E-state index in [0.29, 0.717) is 6.04 Å². The highest BCUT2D eigenvalue weighted by Gasteiger charge is 2.44. The molecule has 4 rings (SSSR count). The minimum Gasteiger partial charge on any atom is -0.371 e. The predicted molar refractivity (Wildman–Crippen MR) is 96.3 cm³/mol. The SMILES string of the molecule is CN(c1ncccn1)[C@@H]1CO[C@]2(CCCN(Cc3cccnc3)C2)C1. The van der Waals surface area contributed by atoms with Crippen molar-refractivity contribution in [3.05, 3.63) is 48.5 Å². The molecule has 2 aromatic rings. The Bertz CT molecular complexity index is 683.